The van der Waals surface area contributed by atoms with Crippen LogP contribution in [0.25, 0.3) is 0 Å². The highest BCUT2D eigenvalue weighted by molar-refractivity contribution is 6.29. The molecule has 0 radical (unpaired) electrons. The van der Waals surface area contributed by atoms with Crippen LogP contribution in [0.2, 0.25) is 5.15 Å². The zero-order valence-electron chi connectivity index (χ0n) is 9.60. The maximum absolute atomic E-state index is 13.0. The molecule has 0 fully saturated rings. The quantitative estimate of drug-likeness (QED) is 0.638. The third-order valence-electron chi connectivity index (χ3n) is 2.31. The lowest BCUT2D eigenvalue weighted by Gasteiger charge is -2.11. The molecule has 1 N–H and O–H groups in total. The zero-order valence-corrected chi connectivity index (χ0v) is 10.4. The maximum Gasteiger partial charge on any atom is 0.416 e. The average molecular weight is 309 g/mol. The van der Waals surface area contributed by atoms with Gasteiger partial charge < -0.3 is 5.32 Å². The van der Waals surface area contributed by atoms with Crippen molar-refractivity contribution >= 4 is 23.1 Å². The fraction of sp³-hybridized carbons (Fsp3) is 0.0833. The SMILES string of the molecule is Fc1ccc(Nc2cc(C(F)(F)F)cc(Cl)n2)cc1F. The summed E-state index contributed by atoms with van der Waals surface area (Å²) >= 11 is 5.49. The summed E-state index contributed by atoms with van der Waals surface area (Å²) in [5, 5.41) is 2.05. The molecule has 8 heteroatoms. The number of hydrogen-bond donors (Lipinski definition) is 1. The summed E-state index contributed by atoms with van der Waals surface area (Å²) in [6.07, 6.45) is -4.59. The van der Waals surface area contributed by atoms with E-state index in [-0.39, 0.29) is 16.7 Å². The molecule has 20 heavy (non-hydrogen) atoms. The molecule has 2 nitrogen and oxygen atoms in total. The molecule has 1 aromatic carbocycles. The normalized spacial score (nSPS) is 11.5. The lowest BCUT2D eigenvalue weighted by molar-refractivity contribution is -0.137. The predicted octanol–water partition coefficient (Wildman–Crippen LogP) is 4.78. The molecule has 0 atom stereocenters. The number of rotatable bonds is 2. The summed E-state index contributed by atoms with van der Waals surface area (Å²) in [6.45, 7) is 0. The number of nitrogens with zero attached hydrogens (tertiary/aromatic N) is 1. The largest absolute Gasteiger partial charge is 0.416 e. The van der Waals surface area contributed by atoms with E-state index < -0.39 is 23.4 Å². The van der Waals surface area contributed by atoms with Gasteiger partial charge in [0.05, 0.1) is 5.56 Å². The highest BCUT2D eigenvalue weighted by Crippen LogP contribution is 2.32. The Morgan fingerprint density at radius 1 is 1.00 bits per heavy atom. The van der Waals surface area contributed by atoms with Gasteiger partial charge in [0.2, 0.25) is 0 Å². The van der Waals surface area contributed by atoms with Gasteiger partial charge in [-0.15, -0.1) is 0 Å². The summed E-state index contributed by atoms with van der Waals surface area (Å²) in [5.41, 5.74) is -0.950. The van der Waals surface area contributed by atoms with Crippen molar-refractivity contribution in [3.63, 3.8) is 0 Å². The minimum atomic E-state index is -4.59. The molecule has 2 rings (SSSR count). The van der Waals surface area contributed by atoms with Gasteiger partial charge in [-0.3, -0.25) is 0 Å². The van der Waals surface area contributed by atoms with E-state index in [0.717, 1.165) is 18.2 Å². The van der Waals surface area contributed by atoms with Gasteiger partial charge in [0.1, 0.15) is 11.0 Å². The molecule has 1 heterocycles. The molecule has 0 amide bonds. The summed E-state index contributed by atoms with van der Waals surface area (Å²) < 4.78 is 63.5. The number of alkyl halides is 3. The second kappa shape index (κ2) is 5.24. The molecule has 2 aromatic rings. The number of halogens is 6. The van der Waals surface area contributed by atoms with E-state index >= 15 is 0 Å². The molecule has 0 spiro atoms. The standard InChI is InChI=1S/C12H6ClF5N2/c13-10-3-6(12(16,17)18)4-11(20-10)19-7-1-2-8(14)9(15)5-7/h1-5H,(H,19,20). The van der Waals surface area contributed by atoms with Gasteiger partial charge in [0, 0.05) is 11.8 Å². The molecule has 0 aliphatic heterocycles. The fourth-order valence-corrected chi connectivity index (χ4v) is 1.65. The summed E-state index contributed by atoms with van der Waals surface area (Å²) in [5.74, 6) is -2.42. The monoisotopic (exact) mass is 308 g/mol. The fourth-order valence-electron chi connectivity index (χ4n) is 1.45. The molecule has 1 aromatic heterocycles. The van der Waals surface area contributed by atoms with Crippen LogP contribution in [0.5, 0.6) is 0 Å². The van der Waals surface area contributed by atoms with Gasteiger partial charge in [0.15, 0.2) is 11.6 Å². The molecule has 0 bridgehead atoms. The molecule has 0 saturated carbocycles. The van der Waals surface area contributed by atoms with Gasteiger partial charge in [-0.05, 0) is 24.3 Å². The summed E-state index contributed by atoms with van der Waals surface area (Å²) in [7, 11) is 0. The van der Waals surface area contributed by atoms with Crippen LogP contribution in [0, 0.1) is 11.6 Å². The molecule has 0 saturated heterocycles. The second-order valence-corrected chi connectivity index (χ2v) is 4.20. The Kier molecular flexibility index (Phi) is 3.80. The van der Waals surface area contributed by atoms with Gasteiger partial charge >= 0.3 is 6.18 Å². The van der Waals surface area contributed by atoms with Crippen LogP contribution in [0.1, 0.15) is 5.56 Å². The molecule has 106 valence electrons. The maximum atomic E-state index is 13.0. The average Bonchev–Trinajstić information content (AvgIpc) is 2.32. The topological polar surface area (TPSA) is 24.9 Å². The third-order valence-corrected chi connectivity index (χ3v) is 2.51. The number of aromatic nitrogens is 1. The van der Waals surface area contributed by atoms with Crippen LogP contribution in [0.4, 0.5) is 33.5 Å². The first kappa shape index (κ1) is 14.5. The summed E-state index contributed by atoms with van der Waals surface area (Å²) in [4.78, 5) is 3.63. The first-order chi connectivity index (χ1) is 9.25. The molecular weight excluding hydrogens is 303 g/mol. The molecule has 0 aliphatic carbocycles. The Labute approximate surface area is 115 Å². The van der Waals surface area contributed by atoms with Crippen molar-refractivity contribution in [2.24, 2.45) is 0 Å². The molecule has 0 unspecified atom stereocenters. The lowest BCUT2D eigenvalue weighted by Crippen LogP contribution is -2.06. The number of benzene rings is 1. The number of pyridine rings is 1. The lowest BCUT2D eigenvalue weighted by atomic mass is 10.2. The van der Waals surface area contributed by atoms with E-state index in [4.69, 9.17) is 11.6 Å². The van der Waals surface area contributed by atoms with Crippen molar-refractivity contribution in [2.75, 3.05) is 5.32 Å². The Hall–Kier alpha value is -1.89. The highest BCUT2D eigenvalue weighted by Gasteiger charge is 2.31. The Balaban J connectivity index is 2.33. The van der Waals surface area contributed by atoms with E-state index in [0.29, 0.717) is 12.1 Å². The predicted molar refractivity (Wildman–Crippen MR) is 63.9 cm³/mol. The van der Waals surface area contributed by atoms with E-state index in [1.54, 1.807) is 0 Å². The van der Waals surface area contributed by atoms with Crippen molar-refractivity contribution in [1.82, 2.24) is 4.98 Å². The summed E-state index contributed by atoms with van der Waals surface area (Å²) in [6, 6.07) is 4.18. The van der Waals surface area contributed by atoms with Crippen LogP contribution in [0.3, 0.4) is 0 Å². The van der Waals surface area contributed by atoms with Gasteiger partial charge in [-0.2, -0.15) is 13.2 Å². The Morgan fingerprint density at radius 2 is 1.70 bits per heavy atom. The Morgan fingerprint density at radius 3 is 2.30 bits per heavy atom. The van der Waals surface area contributed by atoms with Crippen molar-refractivity contribution < 1.29 is 22.0 Å². The van der Waals surface area contributed by atoms with E-state index in [1.165, 1.54) is 0 Å². The molecular formula is C12H6ClF5N2. The van der Waals surface area contributed by atoms with Crippen LogP contribution in [-0.4, -0.2) is 4.98 Å². The highest BCUT2D eigenvalue weighted by atomic mass is 35.5. The van der Waals surface area contributed by atoms with Crippen molar-refractivity contribution in [3.05, 3.63) is 52.7 Å². The number of nitrogens with one attached hydrogen (secondary N) is 1. The number of anilines is 2. The van der Waals surface area contributed by atoms with Crippen molar-refractivity contribution in [2.45, 2.75) is 6.18 Å². The smallest absolute Gasteiger partial charge is 0.340 e. The molecule has 0 aliphatic rings. The first-order valence-electron chi connectivity index (χ1n) is 5.22. The van der Waals surface area contributed by atoms with E-state index in [9.17, 15) is 22.0 Å². The number of hydrogen-bond acceptors (Lipinski definition) is 2. The van der Waals surface area contributed by atoms with Crippen LogP contribution < -0.4 is 5.32 Å². The van der Waals surface area contributed by atoms with Crippen molar-refractivity contribution in [1.29, 1.82) is 0 Å². The Bertz CT molecular complexity index is 642. The van der Waals surface area contributed by atoms with Crippen molar-refractivity contribution in [3.8, 4) is 0 Å². The van der Waals surface area contributed by atoms with E-state index in [2.05, 4.69) is 10.3 Å². The van der Waals surface area contributed by atoms with Crippen LogP contribution >= 0.6 is 11.6 Å². The van der Waals surface area contributed by atoms with Crippen LogP contribution in [-0.2, 0) is 6.18 Å². The second-order valence-electron chi connectivity index (χ2n) is 3.82. The van der Waals surface area contributed by atoms with Gasteiger partial charge in [0.25, 0.3) is 0 Å². The van der Waals surface area contributed by atoms with Gasteiger partial charge in [-0.25, -0.2) is 13.8 Å². The minimum absolute atomic E-state index is 0.0480. The minimum Gasteiger partial charge on any atom is -0.340 e. The third kappa shape index (κ3) is 3.36. The van der Waals surface area contributed by atoms with E-state index in [1.807, 2.05) is 0 Å². The zero-order chi connectivity index (χ0) is 14.9. The van der Waals surface area contributed by atoms with Crippen LogP contribution in [0.15, 0.2) is 30.3 Å². The van der Waals surface area contributed by atoms with Gasteiger partial charge in [-0.1, -0.05) is 11.6 Å². The first-order valence-corrected chi connectivity index (χ1v) is 5.60.